The van der Waals surface area contributed by atoms with E-state index in [4.69, 9.17) is 14.5 Å². The minimum atomic E-state index is -0.273. The number of methoxy groups -OCH3 is 2. The van der Waals surface area contributed by atoms with Gasteiger partial charge in [-0.05, 0) is 42.2 Å². The van der Waals surface area contributed by atoms with Crippen LogP contribution >= 0.6 is 11.3 Å². The highest BCUT2D eigenvalue weighted by Crippen LogP contribution is 2.43. The fourth-order valence-corrected chi connectivity index (χ4v) is 6.11. The first-order valence-corrected chi connectivity index (χ1v) is 12.4. The molecule has 1 unspecified atom stereocenters. The molecule has 3 aromatic carbocycles. The van der Waals surface area contributed by atoms with E-state index in [0.29, 0.717) is 9.33 Å². The van der Waals surface area contributed by atoms with Gasteiger partial charge in [0.25, 0.3) is 5.56 Å². The van der Waals surface area contributed by atoms with Crippen molar-refractivity contribution in [2.45, 2.75) is 18.9 Å². The Morgan fingerprint density at radius 2 is 1.63 bits per heavy atom. The van der Waals surface area contributed by atoms with Crippen LogP contribution in [0.2, 0.25) is 0 Å². The topological polar surface area (TPSA) is 52.8 Å². The van der Waals surface area contributed by atoms with Crippen LogP contribution in [0.5, 0.6) is 11.5 Å². The Balaban J connectivity index is 1.65. The van der Waals surface area contributed by atoms with E-state index in [9.17, 15) is 4.79 Å². The molecule has 1 aromatic heterocycles. The van der Waals surface area contributed by atoms with Gasteiger partial charge in [-0.1, -0.05) is 72.0 Å². The molecule has 1 atom stereocenters. The smallest absolute Gasteiger partial charge is 0.271 e. The zero-order chi connectivity index (χ0) is 23.9. The summed E-state index contributed by atoms with van der Waals surface area (Å²) in [7, 11) is 3.32. The quantitative estimate of drug-likeness (QED) is 0.437. The van der Waals surface area contributed by atoms with E-state index in [1.54, 1.807) is 14.2 Å². The van der Waals surface area contributed by atoms with E-state index in [1.807, 2.05) is 53.1 Å². The number of nitrogens with zero attached hydrogens (tertiary/aromatic N) is 2. The first-order chi connectivity index (χ1) is 17.2. The fraction of sp³-hybridized carbons (Fsp3) is 0.172. The second kappa shape index (κ2) is 8.71. The number of thiazole rings is 1. The van der Waals surface area contributed by atoms with E-state index in [1.165, 1.54) is 16.9 Å². The van der Waals surface area contributed by atoms with Crippen LogP contribution in [0.4, 0.5) is 0 Å². The number of aryl methyl sites for hydroxylation is 1. The van der Waals surface area contributed by atoms with Gasteiger partial charge < -0.3 is 9.47 Å². The van der Waals surface area contributed by atoms with Gasteiger partial charge in [0.15, 0.2) is 4.80 Å². The Kier molecular flexibility index (Phi) is 5.38. The lowest BCUT2D eigenvalue weighted by Crippen LogP contribution is -2.39. The Hall–Kier alpha value is -3.90. The van der Waals surface area contributed by atoms with Crippen molar-refractivity contribution in [1.29, 1.82) is 0 Å². The summed E-state index contributed by atoms with van der Waals surface area (Å²) in [6.45, 7) is 0. The molecule has 174 valence electrons. The Labute approximate surface area is 206 Å². The standard InChI is InChI=1S/C29H24N2O3S/c1-33-23-13-7-4-10-19(23)17-25-28(32)31-27(21-12-6-8-14-24(21)34-2)22-16-15-18-9-3-5-11-20(18)26(22)30-29(31)35-25/h3-14,17,27H,15-16H2,1-2H3/b25-17-. The summed E-state index contributed by atoms with van der Waals surface area (Å²) in [5.41, 5.74) is 6.36. The van der Waals surface area contributed by atoms with Crippen molar-refractivity contribution in [2.75, 3.05) is 14.2 Å². The van der Waals surface area contributed by atoms with Crippen LogP contribution in [0, 0.1) is 0 Å². The van der Waals surface area contributed by atoms with Crippen LogP contribution < -0.4 is 24.4 Å². The molecule has 0 saturated carbocycles. The maximum absolute atomic E-state index is 13.9. The molecule has 0 radical (unpaired) electrons. The van der Waals surface area contributed by atoms with Crippen molar-refractivity contribution >= 4 is 23.1 Å². The molecule has 1 aliphatic heterocycles. The molecule has 5 nitrogen and oxygen atoms in total. The summed E-state index contributed by atoms with van der Waals surface area (Å²) in [5.74, 6) is 1.50. The average molecular weight is 481 g/mol. The summed E-state index contributed by atoms with van der Waals surface area (Å²) in [4.78, 5) is 19.7. The number of para-hydroxylation sites is 2. The zero-order valence-electron chi connectivity index (χ0n) is 19.5. The predicted molar refractivity (Wildman–Crippen MR) is 139 cm³/mol. The van der Waals surface area contributed by atoms with Gasteiger partial charge in [0.2, 0.25) is 0 Å². The molecule has 0 fully saturated rings. The van der Waals surface area contributed by atoms with E-state index >= 15 is 0 Å². The highest BCUT2D eigenvalue weighted by atomic mass is 32.1. The Morgan fingerprint density at radius 1 is 0.914 bits per heavy atom. The van der Waals surface area contributed by atoms with Gasteiger partial charge in [0.05, 0.1) is 30.5 Å². The lowest BCUT2D eigenvalue weighted by molar-refractivity contribution is 0.402. The molecule has 6 rings (SSSR count). The molecule has 4 aromatic rings. The third-order valence-corrected chi connectivity index (χ3v) is 7.71. The van der Waals surface area contributed by atoms with E-state index < -0.39 is 0 Å². The molecule has 0 amide bonds. The molecule has 0 bridgehead atoms. The van der Waals surface area contributed by atoms with Gasteiger partial charge in [0.1, 0.15) is 11.5 Å². The maximum atomic E-state index is 13.9. The van der Waals surface area contributed by atoms with Crippen LogP contribution in [-0.4, -0.2) is 18.8 Å². The number of fused-ring (bicyclic) bond motifs is 3. The van der Waals surface area contributed by atoms with Gasteiger partial charge in [-0.25, -0.2) is 4.99 Å². The molecule has 1 aliphatic carbocycles. The van der Waals surface area contributed by atoms with Gasteiger partial charge in [-0.2, -0.15) is 0 Å². The van der Waals surface area contributed by atoms with Gasteiger partial charge in [0, 0.05) is 16.7 Å². The zero-order valence-corrected chi connectivity index (χ0v) is 20.3. The number of hydrogen-bond donors (Lipinski definition) is 0. The second-order valence-electron chi connectivity index (χ2n) is 8.60. The lowest BCUT2D eigenvalue weighted by Gasteiger charge is -2.31. The minimum Gasteiger partial charge on any atom is -0.496 e. The van der Waals surface area contributed by atoms with Crippen molar-refractivity contribution in [1.82, 2.24) is 4.57 Å². The number of ether oxygens (including phenoxy) is 2. The van der Waals surface area contributed by atoms with Crippen LogP contribution in [0.1, 0.15) is 34.7 Å². The maximum Gasteiger partial charge on any atom is 0.271 e. The molecular weight excluding hydrogens is 456 g/mol. The highest BCUT2D eigenvalue weighted by molar-refractivity contribution is 7.07. The number of rotatable bonds is 4. The summed E-state index contributed by atoms with van der Waals surface area (Å²) in [6, 6.07) is 23.8. The molecule has 0 saturated heterocycles. The molecule has 2 heterocycles. The van der Waals surface area contributed by atoms with Gasteiger partial charge in [-0.15, -0.1) is 0 Å². The number of hydrogen-bond acceptors (Lipinski definition) is 5. The predicted octanol–water partition coefficient (Wildman–Crippen LogP) is 4.34. The van der Waals surface area contributed by atoms with E-state index in [-0.39, 0.29) is 11.6 Å². The lowest BCUT2D eigenvalue weighted by atomic mass is 9.83. The number of aromatic nitrogens is 1. The second-order valence-corrected chi connectivity index (χ2v) is 9.61. The van der Waals surface area contributed by atoms with Crippen molar-refractivity contribution in [3.8, 4) is 11.5 Å². The van der Waals surface area contributed by atoms with Crippen molar-refractivity contribution in [2.24, 2.45) is 4.99 Å². The third-order valence-electron chi connectivity index (χ3n) is 6.73. The van der Waals surface area contributed by atoms with E-state index in [2.05, 4.69) is 30.3 Å². The molecule has 0 spiro atoms. The molecular formula is C29H24N2O3S. The Bertz CT molecular complexity index is 1660. The van der Waals surface area contributed by atoms with Crippen molar-refractivity contribution in [3.63, 3.8) is 0 Å². The summed E-state index contributed by atoms with van der Waals surface area (Å²) in [6.07, 6.45) is 3.66. The summed E-state index contributed by atoms with van der Waals surface area (Å²) in [5, 5.41) is 0. The van der Waals surface area contributed by atoms with Gasteiger partial charge in [-0.3, -0.25) is 9.36 Å². The Morgan fingerprint density at radius 3 is 2.46 bits per heavy atom. The molecule has 35 heavy (non-hydrogen) atoms. The summed E-state index contributed by atoms with van der Waals surface area (Å²) >= 11 is 1.42. The highest BCUT2D eigenvalue weighted by Gasteiger charge is 2.33. The van der Waals surface area contributed by atoms with Crippen molar-refractivity contribution < 1.29 is 9.47 Å². The van der Waals surface area contributed by atoms with Crippen LogP contribution in [0.15, 0.2) is 88.2 Å². The number of allylic oxidation sites excluding steroid dienone is 1. The largest absolute Gasteiger partial charge is 0.496 e. The normalized spacial score (nSPS) is 16.7. The third kappa shape index (κ3) is 3.53. The van der Waals surface area contributed by atoms with Crippen LogP contribution in [-0.2, 0) is 6.42 Å². The van der Waals surface area contributed by atoms with Gasteiger partial charge >= 0.3 is 0 Å². The molecule has 0 N–H and O–H groups in total. The van der Waals surface area contributed by atoms with Crippen LogP contribution in [0.25, 0.3) is 11.8 Å². The first-order valence-electron chi connectivity index (χ1n) is 11.6. The molecule has 2 aliphatic rings. The SMILES string of the molecule is COc1ccccc1/C=c1\sc2n(c1=O)C(c1ccccc1OC)C1=C(N=2)c2ccccc2CC1. The van der Waals surface area contributed by atoms with Crippen LogP contribution in [0.3, 0.4) is 0 Å². The fourth-order valence-electron chi connectivity index (χ4n) is 5.12. The first kappa shape index (κ1) is 21.6. The minimum absolute atomic E-state index is 0.0547. The molecule has 6 heteroatoms. The average Bonchev–Trinajstić information content (AvgIpc) is 3.22. The monoisotopic (exact) mass is 480 g/mol. The van der Waals surface area contributed by atoms with E-state index in [0.717, 1.165) is 52.3 Å². The summed E-state index contributed by atoms with van der Waals surface area (Å²) < 4.78 is 13.7. The number of benzene rings is 3. The van der Waals surface area contributed by atoms with Crippen molar-refractivity contribution in [3.05, 3.63) is 120 Å².